The number of carbonyl (C=O) groups is 1. The monoisotopic (exact) mass is 370 g/mol. The summed E-state index contributed by atoms with van der Waals surface area (Å²) in [5.74, 6) is 0. The number of aryl methyl sites for hydroxylation is 2. The zero-order valence-electron chi connectivity index (χ0n) is 17.0. The highest BCUT2D eigenvalue weighted by Crippen LogP contribution is 2.28. The number of ether oxygens (including phenoxy) is 1. The number of amides is 1. The van der Waals surface area contributed by atoms with Crippen molar-refractivity contribution in [1.29, 1.82) is 0 Å². The molecule has 1 saturated heterocycles. The number of nitrogen functional groups attached to an aromatic ring is 1. The van der Waals surface area contributed by atoms with Gasteiger partial charge in [0.15, 0.2) is 0 Å². The highest BCUT2D eigenvalue weighted by atomic mass is 16.6. The summed E-state index contributed by atoms with van der Waals surface area (Å²) in [7, 11) is 0. The van der Waals surface area contributed by atoms with Crippen LogP contribution in [0.15, 0.2) is 30.3 Å². The molecule has 27 heavy (non-hydrogen) atoms. The Balaban J connectivity index is 1.74. The SMILES string of the molecule is Cc1ccc(C)n1-c1cc(N2CCN(C(=O)OC(C)(C)C)CC2)ccc1N. The molecule has 6 nitrogen and oxygen atoms in total. The first kappa shape index (κ1) is 19.1. The first-order valence-electron chi connectivity index (χ1n) is 9.43. The molecule has 1 amide bonds. The second kappa shape index (κ2) is 7.18. The van der Waals surface area contributed by atoms with Gasteiger partial charge in [-0.2, -0.15) is 0 Å². The molecule has 0 bridgehead atoms. The van der Waals surface area contributed by atoms with Gasteiger partial charge in [-0.05, 0) is 65.0 Å². The van der Waals surface area contributed by atoms with E-state index in [2.05, 4.69) is 47.6 Å². The molecule has 0 atom stereocenters. The fourth-order valence-electron chi connectivity index (χ4n) is 3.44. The lowest BCUT2D eigenvalue weighted by Gasteiger charge is -2.37. The Hall–Kier alpha value is -2.63. The smallest absolute Gasteiger partial charge is 0.410 e. The minimum atomic E-state index is -0.466. The average Bonchev–Trinajstić information content (AvgIpc) is 2.93. The Labute approximate surface area is 161 Å². The van der Waals surface area contributed by atoms with Gasteiger partial charge >= 0.3 is 6.09 Å². The topological polar surface area (TPSA) is 63.7 Å². The molecule has 0 radical (unpaired) electrons. The number of anilines is 2. The lowest BCUT2D eigenvalue weighted by atomic mass is 10.2. The summed E-state index contributed by atoms with van der Waals surface area (Å²) in [4.78, 5) is 16.3. The van der Waals surface area contributed by atoms with Crippen LogP contribution < -0.4 is 10.6 Å². The van der Waals surface area contributed by atoms with Gasteiger partial charge in [0.25, 0.3) is 0 Å². The van der Waals surface area contributed by atoms with Crippen molar-refractivity contribution in [3.63, 3.8) is 0 Å². The summed E-state index contributed by atoms with van der Waals surface area (Å²) in [6.07, 6.45) is -0.237. The maximum absolute atomic E-state index is 12.3. The molecule has 146 valence electrons. The molecule has 0 aliphatic carbocycles. The van der Waals surface area contributed by atoms with Crippen molar-refractivity contribution >= 4 is 17.5 Å². The molecule has 1 aromatic carbocycles. The van der Waals surface area contributed by atoms with Gasteiger partial charge in [-0.15, -0.1) is 0 Å². The van der Waals surface area contributed by atoms with Crippen molar-refractivity contribution in [2.75, 3.05) is 36.8 Å². The van der Waals surface area contributed by atoms with E-state index in [1.807, 2.05) is 26.8 Å². The van der Waals surface area contributed by atoms with Gasteiger partial charge < -0.3 is 24.8 Å². The van der Waals surface area contributed by atoms with E-state index in [4.69, 9.17) is 10.5 Å². The summed E-state index contributed by atoms with van der Waals surface area (Å²) >= 11 is 0. The Kier molecular flexibility index (Phi) is 5.09. The van der Waals surface area contributed by atoms with Crippen LogP contribution >= 0.6 is 0 Å². The second-order valence-corrected chi connectivity index (χ2v) is 8.15. The third-order valence-corrected chi connectivity index (χ3v) is 4.82. The molecule has 1 fully saturated rings. The van der Waals surface area contributed by atoms with Crippen molar-refractivity contribution < 1.29 is 9.53 Å². The first-order valence-corrected chi connectivity index (χ1v) is 9.43. The number of aromatic nitrogens is 1. The van der Waals surface area contributed by atoms with Gasteiger partial charge in [0, 0.05) is 43.3 Å². The van der Waals surface area contributed by atoms with E-state index in [1.165, 1.54) is 0 Å². The molecule has 1 aromatic heterocycles. The van der Waals surface area contributed by atoms with Gasteiger partial charge in [-0.25, -0.2) is 4.79 Å². The average molecular weight is 370 g/mol. The maximum atomic E-state index is 12.3. The lowest BCUT2D eigenvalue weighted by molar-refractivity contribution is 0.0240. The quantitative estimate of drug-likeness (QED) is 0.818. The number of hydrogen-bond donors (Lipinski definition) is 1. The number of carbonyl (C=O) groups excluding carboxylic acids is 1. The summed E-state index contributed by atoms with van der Waals surface area (Å²) in [6.45, 7) is 12.7. The zero-order valence-corrected chi connectivity index (χ0v) is 17.0. The van der Waals surface area contributed by atoms with Crippen LogP contribution in [0.3, 0.4) is 0 Å². The van der Waals surface area contributed by atoms with E-state index < -0.39 is 5.60 Å². The van der Waals surface area contributed by atoms with Crippen LogP contribution in [0.4, 0.5) is 16.2 Å². The van der Waals surface area contributed by atoms with E-state index >= 15 is 0 Å². The predicted molar refractivity (Wildman–Crippen MR) is 110 cm³/mol. The minimum Gasteiger partial charge on any atom is -0.444 e. The molecule has 2 heterocycles. The van der Waals surface area contributed by atoms with E-state index in [0.29, 0.717) is 13.1 Å². The van der Waals surface area contributed by atoms with Crippen LogP contribution in [-0.2, 0) is 4.74 Å². The highest BCUT2D eigenvalue weighted by molar-refractivity contribution is 5.70. The Morgan fingerprint density at radius 3 is 2.15 bits per heavy atom. The third kappa shape index (κ3) is 4.21. The van der Waals surface area contributed by atoms with E-state index in [1.54, 1.807) is 4.90 Å². The molecule has 2 aromatic rings. The molecule has 6 heteroatoms. The van der Waals surface area contributed by atoms with Crippen molar-refractivity contribution in [1.82, 2.24) is 9.47 Å². The van der Waals surface area contributed by atoms with Crippen molar-refractivity contribution in [2.45, 2.75) is 40.2 Å². The van der Waals surface area contributed by atoms with E-state index in [9.17, 15) is 4.79 Å². The summed E-state index contributed by atoms with van der Waals surface area (Å²) in [5.41, 5.74) is 11.0. The minimum absolute atomic E-state index is 0.237. The molecular formula is C21H30N4O2. The third-order valence-electron chi connectivity index (χ3n) is 4.82. The van der Waals surface area contributed by atoms with Crippen LogP contribution in [0.5, 0.6) is 0 Å². The number of nitrogens with two attached hydrogens (primary N) is 1. The van der Waals surface area contributed by atoms with Gasteiger partial charge in [-0.1, -0.05) is 0 Å². The number of benzene rings is 1. The Bertz CT molecular complexity index is 808. The van der Waals surface area contributed by atoms with Crippen LogP contribution in [0.1, 0.15) is 32.2 Å². The summed E-state index contributed by atoms with van der Waals surface area (Å²) in [5, 5.41) is 0. The normalized spacial score (nSPS) is 15.1. The number of piperazine rings is 1. The molecule has 0 spiro atoms. The number of nitrogens with zero attached hydrogens (tertiary/aromatic N) is 3. The second-order valence-electron chi connectivity index (χ2n) is 8.15. The van der Waals surface area contributed by atoms with Crippen LogP contribution in [0, 0.1) is 13.8 Å². The van der Waals surface area contributed by atoms with Gasteiger partial charge in [0.2, 0.25) is 0 Å². The molecule has 1 aliphatic rings. The van der Waals surface area contributed by atoms with Gasteiger partial charge in [-0.3, -0.25) is 0 Å². The Morgan fingerprint density at radius 1 is 1.00 bits per heavy atom. The molecule has 0 saturated carbocycles. The van der Waals surface area contributed by atoms with E-state index in [-0.39, 0.29) is 6.09 Å². The summed E-state index contributed by atoms with van der Waals surface area (Å²) < 4.78 is 7.65. The van der Waals surface area contributed by atoms with Crippen molar-refractivity contribution in [3.8, 4) is 5.69 Å². The van der Waals surface area contributed by atoms with Crippen LogP contribution in [-0.4, -0.2) is 47.3 Å². The molecule has 0 unspecified atom stereocenters. The number of hydrogen-bond acceptors (Lipinski definition) is 4. The largest absolute Gasteiger partial charge is 0.444 e. The van der Waals surface area contributed by atoms with Gasteiger partial charge in [0.05, 0.1) is 11.4 Å². The molecule has 2 N–H and O–H groups in total. The molecule has 3 rings (SSSR count). The first-order chi connectivity index (χ1) is 12.7. The predicted octanol–water partition coefficient (Wildman–Crippen LogP) is 3.73. The molecule has 1 aliphatic heterocycles. The van der Waals surface area contributed by atoms with Crippen LogP contribution in [0.25, 0.3) is 5.69 Å². The van der Waals surface area contributed by atoms with E-state index in [0.717, 1.165) is 41.5 Å². The Morgan fingerprint density at radius 2 is 1.59 bits per heavy atom. The standard InChI is InChI=1S/C21H30N4O2/c1-15-6-7-16(2)25(15)19-14-17(8-9-18(19)22)23-10-12-24(13-11-23)20(26)27-21(3,4)5/h6-9,14H,10-13,22H2,1-5H3. The highest BCUT2D eigenvalue weighted by Gasteiger charge is 2.26. The fraction of sp³-hybridized carbons (Fsp3) is 0.476. The van der Waals surface area contributed by atoms with Crippen molar-refractivity contribution in [3.05, 3.63) is 41.7 Å². The lowest BCUT2D eigenvalue weighted by Crippen LogP contribution is -2.50. The summed E-state index contributed by atoms with van der Waals surface area (Å²) in [6, 6.07) is 10.3. The van der Waals surface area contributed by atoms with Crippen molar-refractivity contribution in [2.24, 2.45) is 0 Å². The zero-order chi connectivity index (χ0) is 19.8. The molecular weight excluding hydrogens is 340 g/mol. The maximum Gasteiger partial charge on any atom is 0.410 e. The van der Waals surface area contributed by atoms with Crippen LogP contribution in [0.2, 0.25) is 0 Å². The number of rotatable bonds is 2. The van der Waals surface area contributed by atoms with Gasteiger partial charge in [0.1, 0.15) is 5.60 Å². The fourth-order valence-corrected chi connectivity index (χ4v) is 3.44.